The Hall–Kier alpha value is -2.56. The Balaban J connectivity index is 2.45. The van der Waals surface area contributed by atoms with Gasteiger partial charge in [0.15, 0.2) is 0 Å². The first kappa shape index (κ1) is 10.9. The van der Waals surface area contributed by atoms with E-state index in [0.717, 1.165) is 5.56 Å². The van der Waals surface area contributed by atoms with Crippen LogP contribution >= 0.6 is 0 Å². The molecule has 17 heavy (non-hydrogen) atoms. The van der Waals surface area contributed by atoms with Gasteiger partial charge >= 0.3 is 0 Å². The minimum absolute atomic E-state index is 0.0778. The van der Waals surface area contributed by atoms with Crippen LogP contribution in [0, 0.1) is 11.1 Å². The standard InChI is InChI=1S/C12H10N4O/c13-15-9-3-1-8(2-4-9)11-6-5-10(16-14)7-12(11)17/h1-7,13-14,17H. The number of hydrogen-bond acceptors (Lipinski definition) is 5. The summed E-state index contributed by atoms with van der Waals surface area (Å²) in [7, 11) is 0. The monoisotopic (exact) mass is 226 g/mol. The van der Waals surface area contributed by atoms with E-state index in [9.17, 15) is 5.11 Å². The minimum Gasteiger partial charge on any atom is -0.507 e. The number of hydrogen-bond donors (Lipinski definition) is 3. The van der Waals surface area contributed by atoms with Gasteiger partial charge in [-0.25, -0.2) is 11.1 Å². The second-order valence-corrected chi connectivity index (χ2v) is 3.47. The van der Waals surface area contributed by atoms with Crippen molar-refractivity contribution in [3.63, 3.8) is 0 Å². The van der Waals surface area contributed by atoms with Crippen LogP contribution in [0.15, 0.2) is 52.7 Å². The van der Waals surface area contributed by atoms with Gasteiger partial charge in [0.05, 0.1) is 11.4 Å². The van der Waals surface area contributed by atoms with Gasteiger partial charge in [-0.05, 0) is 29.8 Å². The minimum atomic E-state index is 0.0778. The van der Waals surface area contributed by atoms with E-state index < -0.39 is 0 Å². The zero-order chi connectivity index (χ0) is 12.3. The van der Waals surface area contributed by atoms with Crippen LogP contribution in [0.3, 0.4) is 0 Å². The fourth-order valence-electron chi connectivity index (χ4n) is 1.55. The first-order valence-electron chi connectivity index (χ1n) is 4.93. The lowest BCUT2D eigenvalue weighted by Gasteiger charge is -2.05. The molecule has 2 aromatic rings. The van der Waals surface area contributed by atoms with E-state index in [-0.39, 0.29) is 5.75 Å². The third-order valence-corrected chi connectivity index (χ3v) is 2.42. The summed E-state index contributed by atoms with van der Waals surface area (Å²) >= 11 is 0. The zero-order valence-electron chi connectivity index (χ0n) is 8.88. The molecule has 0 aliphatic carbocycles. The first-order valence-corrected chi connectivity index (χ1v) is 4.93. The highest BCUT2D eigenvalue weighted by Gasteiger charge is 2.05. The number of nitrogens with zero attached hydrogens (tertiary/aromatic N) is 2. The molecule has 0 aliphatic rings. The van der Waals surface area contributed by atoms with Crippen molar-refractivity contribution in [2.24, 2.45) is 10.2 Å². The van der Waals surface area contributed by atoms with E-state index >= 15 is 0 Å². The lowest BCUT2D eigenvalue weighted by atomic mass is 10.0. The highest BCUT2D eigenvalue weighted by atomic mass is 16.3. The van der Waals surface area contributed by atoms with Crippen LogP contribution in [0.2, 0.25) is 0 Å². The third kappa shape index (κ3) is 2.17. The number of benzene rings is 2. The molecule has 0 atom stereocenters. The maximum atomic E-state index is 9.80. The van der Waals surface area contributed by atoms with Crippen LogP contribution in [0.5, 0.6) is 5.75 Å². The summed E-state index contributed by atoms with van der Waals surface area (Å²) < 4.78 is 0. The number of phenolic OH excluding ortho intramolecular Hbond substituents is 1. The normalized spacial score (nSPS) is 9.88. The average molecular weight is 226 g/mol. The molecule has 0 radical (unpaired) electrons. The van der Waals surface area contributed by atoms with Gasteiger partial charge < -0.3 is 5.11 Å². The molecular weight excluding hydrogens is 216 g/mol. The summed E-state index contributed by atoms with van der Waals surface area (Å²) in [4.78, 5) is 0. The largest absolute Gasteiger partial charge is 0.507 e. The summed E-state index contributed by atoms with van der Waals surface area (Å²) in [6.07, 6.45) is 0. The van der Waals surface area contributed by atoms with Crippen molar-refractivity contribution in [2.75, 3.05) is 0 Å². The Morgan fingerprint density at radius 2 is 1.41 bits per heavy atom. The fourth-order valence-corrected chi connectivity index (χ4v) is 1.55. The fraction of sp³-hybridized carbons (Fsp3) is 0. The quantitative estimate of drug-likeness (QED) is 0.665. The molecule has 0 saturated heterocycles. The second kappa shape index (κ2) is 4.52. The Morgan fingerprint density at radius 1 is 0.824 bits per heavy atom. The van der Waals surface area contributed by atoms with Gasteiger partial charge in [-0.2, -0.15) is 10.2 Å². The molecule has 0 spiro atoms. The van der Waals surface area contributed by atoms with Gasteiger partial charge in [0, 0.05) is 11.6 Å². The van der Waals surface area contributed by atoms with Crippen molar-refractivity contribution < 1.29 is 5.11 Å². The smallest absolute Gasteiger partial charge is 0.125 e. The van der Waals surface area contributed by atoms with E-state index in [4.69, 9.17) is 11.1 Å². The molecule has 0 heterocycles. The zero-order valence-corrected chi connectivity index (χ0v) is 8.88. The van der Waals surface area contributed by atoms with Crippen molar-refractivity contribution in [2.45, 2.75) is 0 Å². The van der Waals surface area contributed by atoms with Crippen molar-refractivity contribution in [3.8, 4) is 16.9 Å². The molecule has 0 fully saturated rings. The predicted octanol–water partition coefficient (Wildman–Crippen LogP) is 4.38. The van der Waals surface area contributed by atoms with Gasteiger partial charge in [0.1, 0.15) is 5.75 Å². The van der Waals surface area contributed by atoms with Crippen LogP contribution in [-0.2, 0) is 0 Å². The summed E-state index contributed by atoms with van der Waals surface area (Å²) in [5.74, 6) is 0.0778. The summed E-state index contributed by atoms with van der Waals surface area (Å²) in [5.41, 5.74) is 16.2. The summed E-state index contributed by atoms with van der Waals surface area (Å²) in [5, 5.41) is 16.3. The highest BCUT2D eigenvalue weighted by Crippen LogP contribution is 2.33. The molecule has 0 saturated carbocycles. The second-order valence-electron chi connectivity index (χ2n) is 3.47. The molecule has 3 N–H and O–H groups in total. The van der Waals surface area contributed by atoms with Crippen molar-refractivity contribution in [1.82, 2.24) is 0 Å². The predicted molar refractivity (Wildman–Crippen MR) is 63.2 cm³/mol. The van der Waals surface area contributed by atoms with Crippen molar-refractivity contribution in [3.05, 3.63) is 42.5 Å². The summed E-state index contributed by atoms with van der Waals surface area (Å²) in [6, 6.07) is 11.8. The van der Waals surface area contributed by atoms with Crippen molar-refractivity contribution in [1.29, 1.82) is 11.1 Å². The first-order chi connectivity index (χ1) is 8.24. The lowest BCUT2D eigenvalue weighted by molar-refractivity contribution is 0.477. The van der Waals surface area contributed by atoms with Crippen molar-refractivity contribution >= 4 is 11.4 Å². The molecule has 2 rings (SSSR count). The van der Waals surface area contributed by atoms with Gasteiger partial charge in [0.2, 0.25) is 0 Å². The van der Waals surface area contributed by atoms with Gasteiger partial charge in [-0.1, -0.05) is 12.1 Å². The molecule has 0 aromatic heterocycles. The molecule has 0 bridgehead atoms. The van der Waals surface area contributed by atoms with E-state index in [2.05, 4.69) is 10.2 Å². The maximum Gasteiger partial charge on any atom is 0.125 e. The van der Waals surface area contributed by atoms with E-state index in [0.29, 0.717) is 16.9 Å². The van der Waals surface area contributed by atoms with Gasteiger partial charge in [-0.3, -0.25) is 0 Å². The number of nitrogens with one attached hydrogen (secondary N) is 2. The molecular formula is C12H10N4O. The lowest BCUT2D eigenvalue weighted by Crippen LogP contribution is -1.78. The van der Waals surface area contributed by atoms with E-state index in [1.54, 1.807) is 36.4 Å². The van der Waals surface area contributed by atoms with Gasteiger partial charge in [-0.15, -0.1) is 0 Å². The number of rotatable bonds is 3. The van der Waals surface area contributed by atoms with Crippen LogP contribution in [0.4, 0.5) is 11.4 Å². The molecule has 0 amide bonds. The maximum absolute atomic E-state index is 9.80. The van der Waals surface area contributed by atoms with E-state index in [1.165, 1.54) is 6.07 Å². The Labute approximate surface area is 97.8 Å². The Bertz CT molecular complexity index is 563. The van der Waals surface area contributed by atoms with Crippen LogP contribution in [-0.4, -0.2) is 5.11 Å². The summed E-state index contributed by atoms with van der Waals surface area (Å²) in [6.45, 7) is 0. The SMILES string of the molecule is N=Nc1ccc(-c2ccc(N=N)cc2O)cc1. The molecule has 0 aliphatic heterocycles. The van der Waals surface area contributed by atoms with Gasteiger partial charge in [0.25, 0.3) is 0 Å². The highest BCUT2D eigenvalue weighted by molar-refractivity contribution is 5.73. The Morgan fingerprint density at radius 3 is 1.94 bits per heavy atom. The number of phenols is 1. The molecule has 2 aromatic carbocycles. The van der Waals surface area contributed by atoms with Crippen LogP contribution in [0.25, 0.3) is 11.1 Å². The molecule has 0 unspecified atom stereocenters. The number of aromatic hydroxyl groups is 1. The topological polar surface area (TPSA) is 92.7 Å². The van der Waals surface area contributed by atoms with Crippen LogP contribution < -0.4 is 0 Å². The van der Waals surface area contributed by atoms with E-state index in [1.807, 2.05) is 0 Å². The van der Waals surface area contributed by atoms with Crippen LogP contribution in [0.1, 0.15) is 0 Å². The molecule has 5 nitrogen and oxygen atoms in total. The average Bonchev–Trinajstić information content (AvgIpc) is 2.39. The molecule has 5 heteroatoms. The third-order valence-electron chi connectivity index (χ3n) is 2.42. The molecule has 84 valence electrons. The Kier molecular flexibility index (Phi) is 2.91.